The van der Waals surface area contributed by atoms with E-state index in [9.17, 15) is 18.0 Å². The van der Waals surface area contributed by atoms with Gasteiger partial charge in [-0.05, 0) is 73.4 Å². The summed E-state index contributed by atoms with van der Waals surface area (Å²) in [5.74, 6) is -0.360. The summed E-state index contributed by atoms with van der Waals surface area (Å²) in [7, 11) is 0. The van der Waals surface area contributed by atoms with Gasteiger partial charge in [-0.25, -0.2) is 14.5 Å². The Labute approximate surface area is 277 Å². The number of hydrazone groups is 1. The van der Waals surface area contributed by atoms with Crippen LogP contribution < -0.4 is 0 Å². The third kappa shape index (κ3) is 5.93. The molecule has 1 fully saturated rings. The minimum atomic E-state index is -4.73. The number of aromatic nitrogens is 3. The third-order valence-corrected chi connectivity index (χ3v) is 9.36. The molecule has 1 saturated carbocycles. The van der Waals surface area contributed by atoms with E-state index in [1.807, 2.05) is 50.2 Å². The largest absolute Gasteiger partial charge is 0.433 e. The molecule has 3 heterocycles. The Morgan fingerprint density at radius 3 is 2.23 bits per heavy atom. The number of alkyl halides is 3. The number of amides is 1. The summed E-state index contributed by atoms with van der Waals surface area (Å²) in [6.07, 6.45) is -0.0242. The number of benzene rings is 3. The fraction of sp³-hybridized carbons (Fsp3) is 0.282. The van der Waals surface area contributed by atoms with Crippen LogP contribution in [-0.4, -0.2) is 31.2 Å². The standard InChI is InChI=1S/C39H36F3N5O/c1-23(2)27-16-18-28(19-17-27)32-21-34(39(40,41)42)46-35(43-32)22-33(44-46)38(48)47-37(29-14-10-25(4)11-15-29)31-7-5-6-30(36(31)45-47)20-26-12-8-24(3)9-13-26/h8-23,31,37H,5-7H2,1-4H3/b30-20-/t31-,37-/m1/s1. The van der Waals surface area contributed by atoms with Crippen molar-refractivity contribution in [2.75, 3.05) is 0 Å². The molecule has 0 N–H and O–H groups in total. The summed E-state index contributed by atoms with van der Waals surface area (Å²) >= 11 is 0. The molecule has 1 amide bonds. The van der Waals surface area contributed by atoms with Crippen molar-refractivity contribution < 1.29 is 18.0 Å². The monoisotopic (exact) mass is 647 g/mol. The zero-order valence-corrected chi connectivity index (χ0v) is 27.3. The molecule has 2 aliphatic rings. The lowest BCUT2D eigenvalue weighted by atomic mass is 9.77. The lowest BCUT2D eigenvalue weighted by Gasteiger charge is -2.29. The molecule has 0 saturated heterocycles. The average Bonchev–Trinajstić information content (AvgIpc) is 3.68. The molecule has 0 bridgehead atoms. The summed E-state index contributed by atoms with van der Waals surface area (Å²) in [5, 5.41) is 10.6. The summed E-state index contributed by atoms with van der Waals surface area (Å²) in [5.41, 5.74) is 6.67. The highest BCUT2D eigenvalue weighted by Gasteiger charge is 2.45. The van der Waals surface area contributed by atoms with E-state index in [0.29, 0.717) is 5.56 Å². The Bertz CT molecular complexity index is 2060. The number of carbonyl (C=O) groups excluding carboxylic acids is 1. The molecule has 5 aromatic rings. The number of carbonyl (C=O) groups is 1. The van der Waals surface area contributed by atoms with Gasteiger partial charge < -0.3 is 0 Å². The zero-order chi connectivity index (χ0) is 33.7. The number of nitrogens with zero attached hydrogens (tertiary/aromatic N) is 5. The fourth-order valence-corrected chi connectivity index (χ4v) is 6.71. The highest BCUT2D eigenvalue weighted by Crippen LogP contribution is 2.45. The number of halogens is 3. The molecule has 2 atom stereocenters. The second kappa shape index (κ2) is 12.2. The predicted molar refractivity (Wildman–Crippen MR) is 182 cm³/mol. The molecule has 9 heteroatoms. The van der Waals surface area contributed by atoms with Crippen molar-refractivity contribution >= 4 is 23.3 Å². The van der Waals surface area contributed by atoms with Gasteiger partial charge >= 0.3 is 6.18 Å². The van der Waals surface area contributed by atoms with Gasteiger partial charge in [0.15, 0.2) is 17.0 Å². The van der Waals surface area contributed by atoms with Crippen LogP contribution in [0, 0.1) is 19.8 Å². The van der Waals surface area contributed by atoms with E-state index >= 15 is 0 Å². The number of allylic oxidation sites excluding steroid dienone is 1. The van der Waals surface area contributed by atoms with E-state index in [-0.39, 0.29) is 28.9 Å². The minimum Gasteiger partial charge on any atom is -0.265 e. The van der Waals surface area contributed by atoms with Crippen molar-refractivity contribution in [3.63, 3.8) is 0 Å². The van der Waals surface area contributed by atoms with Gasteiger partial charge in [0.2, 0.25) is 0 Å². The second-order valence-electron chi connectivity index (χ2n) is 13.2. The Hall–Kier alpha value is -5.05. The summed E-state index contributed by atoms with van der Waals surface area (Å²) < 4.78 is 44.1. The zero-order valence-electron chi connectivity index (χ0n) is 27.3. The van der Waals surface area contributed by atoms with E-state index in [2.05, 4.69) is 54.3 Å². The molecule has 244 valence electrons. The van der Waals surface area contributed by atoms with Crippen LogP contribution in [0.15, 0.2) is 95.6 Å². The van der Waals surface area contributed by atoms with Crippen molar-refractivity contribution in [1.82, 2.24) is 19.6 Å². The summed E-state index contributed by atoms with van der Waals surface area (Å²) in [4.78, 5) is 18.9. The molecule has 0 radical (unpaired) electrons. The fourth-order valence-electron chi connectivity index (χ4n) is 6.71. The highest BCUT2D eigenvalue weighted by atomic mass is 19.4. The molecule has 6 nitrogen and oxygen atoms in total. The predicted octanol–water partition coefficient (Wildman–Crippen LogP) is 9.59. The number of hydrogen-bond donors (Lipinski definition) is 0. The lowest BCUT2D eigenvalue weighted by molar-refractivity contribution is -0.142. The Morgan fingerprint density at radius 2 is 1.58 bits per heavy atom. The molecule has 0 unspecified atom stereocenters. The Morgan fingerprint density at radius 1 is 0.917 bits per heavy atom. The number of aryl methyl sites for hydroxylation is 2. The summed E-state index contributed by atoms with van der Waals surface area (Å²) in [6, 6.07) is 25.5. The molecule has 0 spiro atoms. The first-order valence-electron chi connectivity index (χ1n) is 16.3. The third-order valence-electron chi connectivity index (χ3n) is 9.36. The maximum Gasteiger partial charge on any atom is 0.433 e. The van der Waals surface area contributed by atoms with Crippen molar-refractivity contribution in [3.8, 4) is 11.3 Å². The van der Waals surface area contributed by atoms with Gasteiger partial charge in [0.25, 0.3) is 5.91 Å². The van der Waals surface area contributed by atoms with Crippen LogP contribution in [0.3, 0.4) is 0 Å². The molecule has 3 aromatic carbocycles. The topological polar surface area (TPSA) is 62.9 Å². The van der Waals surface area contributed by atoms with E-state index in [1.165, 1.54) is 16.6 Å². The van der Waals surface area contributed by atoms with Gasteiger partial charge in [-0.2, -0.15) is 23.4 Å². The smallest absolute Gasteiger partial charge is 0.265 e. The minimum absolute atomic E-state index is 0.0628. The van der Waals surface area contributed by atoms with E-state index in [4.69, 9.17) is 5.10 Å². The van der Waals surface area contributed by atoms with E-state index in [1.54, 1.807) is 12.1 Å². The van der Waals surface area contributed by atoms with Gasteiger partial charge in [-0.3, -0.25) is 4.79 Å². The average molecular weight is 648 g/mol. The lowest BCUT2D eigenvalue weighted by Crippen LogP contribution is -2.32. The first-order valence-corrected chi connectivity index (χ1v) is 16.3. The molecule has 1 aliphatic carbocycles. The van der Waals surface area contributed by atoms with Crippen LogP contribution in [-0.2, 0) is 6.18 Å². The molecular weight excluding hydrogens is 611 g/mol. The maximum atomic E-state index is 14.4. The van der Waals surface area contributed by atoms with Gasteiger partial charge in [-0.15, -0.1) is 0 Å². The first-order chi connectivity index (χ1) is 23.0. The van der Waals surface area contributed by atoms with Gasteiger partial charge in [0.05, 0.1) is 17.4 Å². The van der Waals surface area contributed by atoms with E-state index < -0.39 is 23.8 Å². The Balaban J connectivity index is 1.32. The van der Waals surface area contributed by atoms with Crippen LogP contribution >= 0.6 is 0 Å². The SMILES string of the molecule is Cc1ccc(/C=C2/CCC[C@@H]3C2=NN(C(=O)c2cc4nc(-c5ccc(C(C)C)cc5)cc(C(F)(F)F)n4n2)[C@@H]3c2ccc(C)cc2)cc1. The molecule has 7 rings (SSSR count). The molecule has 48 heavy (non-hydrogen) atoms. The van der Waals surface area contributed by atoms with E-state index in [0.717, 1.165) is 63.4 Å². The van der Waals surface area contributed by atoms with Gasteiger partial charge in [0.1, 0.15) is 0 Å². The molecular formula is C39H36F3N5O. The first kappa shape index (κ1) is 31.5. The van der Waals surface area contributed by atoms with Crippen LogP contribution in [0.1, 0.15) is 89.1 Å². The van der Waals surface area contributed by atoms with Crippen LogP contribution in [0.2, 0.25) is 0 Å². The normalized spacial score (nSPS) is 18.9. The highest BCUT2D eigenvalue weighted by molar-refractivity contribution is 6.09. The van der Waals surface area contributed by atoms with Crippen molar-refractivity contribution in [3.05, 3.63) is 130 Å². The van der Waals surface area contributed by atoms with Gasteiger partial charge in [0, 0.05) is 17.5 Å². The molecule has 2 aromatic heterocycles. The summed E-state index contributed by atoms with van der Waals surface area (Å²) in [6.45, 7) is 8.15. The van der Waals surface area contributed by atoms with Crippen molar-refractivity contribution in [1.29, 1.82) is 0 Å². The van der Waals surface area contributed by atoms with Crippen LogP contribution in [0.5, 0.6) is 0 Å². The van der Waals surface area contributed by atoms with Crippen LogP contribution in [0.25, 0.3) is 23.0 Å². The number of fused-ring (bicyclic) bond motifs is 2. The number of hydrogen-bond acceptors (Lipinski definition) is 4. The van der Waals surface area contributed by atoms with Crippen molar-refractivity contribution in [2.45, 2.75) is 65.1 Å². The van der Waals surface area contributed by atoms with Crippen LogP contribution in [0.4, 0.5) is 13.2 Å². The quantitative estimate of drug-likeness (QED) is 0.191. The number of rotatable bonds is 5. The van der Waals surface area contributed by atoms with Crippen molar-refractivity contribution in [2.24, 2.45) is 11.0 Å². The maximum absolute atomic E-state index is 14.4. The Kier molecular flexibility index (Phi) is 8.01. The molecule has 1 aliphatic heterocycles. The second-order valence-corrected chi connectivity index (χ2v) is 13.2. The van der Waals surface area contributed by atoms with Gasteiger partial charge in [-0.1, -0.05) is 97.8 Å².